The standard InChI is InChI=1S/C18H13ClN2O3S.C8H18N2/c1-10-3-2-4-13-12(10)8-14(18(22)23)21(13)9-11-7-15(24-20-11)16-5-6-17(19)25-16;1-7(2)10-5-3-8(9)4-6-10/h2-8H,9H2,1H3,(H,22,23);7-8H,3-6,9H2,1-2H3. The number of halogens is 1. The molecule has 1 fully saturated rings. The van der Waals surface area contributed by atoms with Crippen LogP contribution >= 0.6 is 22.9 Å². The summed E-state index contributed by atoms with van der Waals surface area (Å²) < 4.78 is 7.81. The minimum Gasteiger partial charge on any atom is -0.477 e. The molecular formula is C26H31ClN4O3S. The van der Waals surface area contributed by atoms with Crippen molar-refractivity contribution in [3.05, 3.63) is 63.8 Å². The fourth-order valence-corrected chi connectivity index (χ4v) is 5.32. The van der Waals surface area contributed by atoms with Crippen LogP contribution in [0, 0.1) is 6.92 Å². The Kier molecular flexibility index (Phi) is 7.96. The average Bonchev–Trinajstić information content (AvgIpc) is 3.54. The van der Waals surface area contributed by atoms with Crippen LogP contribution in [0.5, 0.6) is 0 Å². The molecule has 0 spiro atoms. The second-order valence-corrected chi connectivity index (χ2v) is 10.9. The number of rotatable bonds is 5. The molecule has 7 nitrogen and oxygen atoms in total. The molecule has 1 aliphatic rings. The van der Waals surface area contributed by atoms with Gasteiger partial charge in [0.15, 0.2) is 5.76 Å². The summed E-state index contributed by atoms with van der Waals surface area (Å²) in [4.78, 5) is 15.0. The SMILES string of the molecule is CC(C)N1CCC(N)CC1.Cc1cccc2c1cc(C(=O)O)n2Cc1cc(-c2ccc(Cl)s2)on1. The maximum atomic E-state index is 11.6. The van der Waals surface area contributed by atoms with E-state index in [1.54, 1.807) is 16.7 Å². The van der Waals surface area contributed by atoms with Crippen LogP contribution in [0.1, 0.15) is 48.4 Å². The minimum absolute atomic E-state index is 0.230. The number of carboxylic acids is 1. The highest BCUT2D eigenvalue weighted by molar-refractivity contribution is 7.19. The van der Waals surface area contributed by atoms with E-state index in [4.69, 9.17) is 21.9 Å². The van der Waals surface area contributed by atoms with E-state index in [9.17, 15) is 9.90 Å². The largest absolute Gasteiger partial charge is 0.477 e. The zero-order chi connectivity index (χ0) is 25.1. The Bertz CT molecular complexity index is 1300. The molecule has 1 aliphatic heterocycles. The van der Waals surface area contributed by atoms with Gasteiger partial charge < -0.3 is 24.8 Å². The number of hydrogen-bond donors (Lipinski definition) is 2. The molecule has 5 rings (SSSR count). The predicted molar refractivity (Wildman–Crippen MR) is 141 cm³/mol. The summed E-state index contributed by atoms with van der Waals surface area (Å²) in [6.07, 6.45) is 2.36. The quantitative estimate of drug-likeness (QED) is 0.345. The van der Waals surface area contributed by atoms with Crippen molar-refractivity contribution < 1.29 is 14.4 Å². The molecule has 9 heteroatoms. The molecule has 1 saturated heterocycles. The third-order valence-electron chi connectivity index (χ3n) is 6.38. The molecular weight excluding hydrogens is 484 g/mol. The second-order valence-electron chi connectivity index (χ2n) is 9.18. The predicted octanol–water partition coefficient (Wildman–Crippen LogP) is 5.88. The number of piperidine rings is 1. The van der Waals surface area contributed by atoms with Gasteiger partial charge in [0.1, 0.15) is 11.4 Å². The summed E-state index contributed by atoms with van der Waals surface area (Å²) >= 11 is 7.36. The Hall–Kier alpha value is -2.65. The molecule has 1 aromatic carbocycles. The third kappa shape index (κ3) is 5.95. The van der Waals surface area contributed by atoms with Gasteiger partial charge in [-0.15, -0.1) is 11.3 Å². The summed E-state index contributed by atoms with van der Waals surface area (Å²) in [5.41, 5.74) is 8.55. The lowest BCUT2D eigenvalue weighted by atomic mass is 10.1. The van der Waals surface area contributed by atoms with Gasteiger partial charge in [0.25, 0.3) is 0 Å². The zero-order valence-electron chi connectivity index (χ0n) is 20.2. The summed E-state index contributed by atoms with van der Waals surface area (Å²) in [6.45, 7) is 9.16. The third-order valence-corrected chi connectivity index (χ3v) is 7.63. The summed E-state index contributed by atoms with van der Waals surface area (Å²) in [7, 11) is 0. The first-order valence-electron chi connectivity index (χ1n) is 11.8. The normalized spacial score (nSPS) is 14.9. The van der Waals surface area contributed by atoms with E-state index in [0.29, 0.717) is 34.4 Å². The Balaban J connectivity index is 0.000000243. The van der Waals surface area contributed by atoms with Crippen LogP contribution in [-0.2, 0) is 6.54 Å². The average molecular weight is 515 g/mol. The number of fused-ring (bicyclic) bond motifs is 1. The number of carbonyl (C=O) groups is 1. The van der Waals surface area contributed by atoms with Gasteiger partial charge in [0, 0.05) is 29.1 Å². The number of likely N-dealkylation sites (tertiary alicyclic amines) is 1. The van der Waals surface area contributed by atoms with Gasteiger partial charge >= 0.3 is 5.97 Å². The number of aryl methyl sites for hydroxylation is 1. The maximum absolute atomic E-state index is 11.6. The number of aromatic carboxylic acids is 1. The number of aromatic nitrogens is 2. The molecule has 0 aliphatic carbocycles. The summed E-state index contributed by atoms with van der Waals surface area (Å²) in [5.74, 6) is -0.347. The van der Waals surface area contributed by atoms with Crippen LogP contribution in [0.4, 0.5) is 0 Å². The van der Waals surface area contributed by atoms with Crippen LogP contribution in [0.3, 0.4) is 0 Å². The highest BCUT2D eigenvalue weighted by Crippen LogP contribution is 2.32. The van der Waals surface area contributed by atoms with E-state index >= 15 is 0 Å². The fraction of sp³-hybridized carbons (Fsp3) is 0.385. The molecule has 3 aromatic heterocycles. The summed E-state index contributed by atoms with van der Waals surface area (Å²) in [6, 6.07) is 14.2. The van der Waals surface area contributed by atoms with Crippen LogP contribution in [0.25, 0.3) is 21.5 Å². The second kappa shape index (κ2) is 11.0. The number of nitrogens with zero attached hydrogens (tertiary/aromatic N) is 3. The van der Waals surface area contributed by atoms with Crippen molar-refractivity contribution in [3.63, 3.8) is 0 Å². The molecule has 0 radical (unpaired) electrons. The molecule has 0 amide bonds. The Morgan fingerprint density at radius 1 is 1.26 bits per heavy atom. The van der Waals surface area contributed by atoms with E-state index < -0.39 is 5.97 Å². The highest BCUT2D eigenvalue weighted by atomic mass is 35.5. The van der Waals surface area contributed by atoms with Crippen molar-refractivity contribution in [3.8, 4) is 10.6 Å². The molecule has 0 saturated carbocycles. The molecule has 3 N–H and O–H groups in total. The number of nitrogens with two attached hydrogens (primary N) is 1. The van der Waals surface area contributed by atoms with Crippen molar-refractivity contribution in [1.29, 1.82) is 0 Å². The van der Waals surface area contributed by atoms with Gasteiger partial charge in [0.2, 0.25) is 0 Å². The fourth-order valence-electron chi connectivity index (χ4n) is 4.33. The Morgan fingerprint density at radius 2 is 2.00 bits per heavy atom. The molecule has 0 atom stereocenters. The number of carboxylic acid groups (broad SMARTS) is 1. The monoisotopic (exact) mass is 514 g/mol. The van der Waals surface area contributed by atoms with Crippen molar-refractivity contribution in [2.75, 3.05) is 13.1 Å². The maximum Gasteiger partial charge on any atom is 0.352 e. The topological polar surface area (TPSA) is 97.5 Å². The Labute approximate surface area is 214 Å². The van der Waals surface area contributed by atoms with E-state index in [2.05, 4.69) is 23.9 Å². The first-order chi connectivity index (χ1) is 16.7. The summed E-state index contributed by atoms with van der Waals surface area (Å²) in [5, 5.41) is 14.5. The molecule has 0 bridgehead atoms. The number of benzene rings is 1. The number of hydrogen-bond acceptors (Lipinski definition) is 6. The van der Waals surface area contributed by atoms with Crippen LogP contribution in [-0.4, -0.2) is 50.9 Å². The lowest BCUT2D eigenvalue weighted by Crippen LogP contribution is -2.42. The smallest absolute Gasteiger partial charge is 0.352 e. The van der Waals surface area contributed by atoms with Crippen molar-refractivity contribution in [2.24, 2.45) is 5.73 Å². The van der Waals surface area contributed by atoms with Gasteiger partial charge in [-0.3, -0.25) is 0 Å². The van der Waals surface area contributed by atoms with E-state index in [-0.39, 0.29) is 5.69 Å². The minimum atomic E-state index is -0.968. The molecule has 186 valence electrons. The van der Waals surface area contributed by atoms with Gasteiger partial charge in [0.05, 0.1) is 15.8 Å². The highest BCUT2D eigenvalue weighted by Gasteiger charge is 2.18. The lowest BCUT2D eigenvalue weighted by Gasteiger charge is -2.32. The van der Waals surface area contributed by atoms with E-state index in [0.717, 1.165) is 21.3 Å². The molecule has 35 heavy (non-hydrogen) atoms. The van der Waals surface area contributed by atoms with E-state index in [1.165, 1.54) is 37.3 Å². The zero-order valence-corrected chi connectivity index (χ0v) is 21.8. The Morgan fingerprint density at radius 3 is 2.63 bits per heavy atom. The van der Waals surface area contributed by atoms with Crippen LogP contribution in [0.15, 0.2) is 47.0 Å². The molecule has 0 unspecified atom stereocenters. The van der Waals surface area contributed by atoms with E-state index in [1.807, 2.05) is 37.3 Å². The van der Waals surface area contributed by atoms with Crippen molar-refractivity contribution in [1.82, 2.24) is 14.6 Å². The van der Waals surface area contributed by atoms with Crippen molar-refractivity contribution in [2.45, 2.75) is 52.2 Å². The molecule has 4 heterocycles. The lowest BCUT2D eigenvalue weighted by molar-refractivity contribution is 0.0686. The first-order valence-corrected chi connectivity index (χ1v) is 13.0. The first kappa shape index (κ1) is 25.4. The molecule has 4 aromatic rings. The van der Waals surface area contributed by atoms with Gasteiger partial charge in [-0.2, -0.15) is 0 Å². The van der Waals surface area contributed by atoms with Crippen LogP contribution < -0.4 is 5.73 Å². The van der Waals surface area contributed by atoms with Gasteiger partial charge in [-0.1, -0.05) is 28.9 Å². The van der Waals surface area contributed by atoms with Gasteiger partial charge in [-0.25, -0.2) is 4.79 Å². The van der Waals surface area contributed by atoms with Crippen LogP contribution in [0.2, 0.25) is 4.34 Å². The van der Waals surface area contributed by atoms with Crippen molar-refractivity contribution >= 4 is 39.8 Å². The number of thiophene rings is 1. The van der Waals surface area contributed by atoms with Gasteiger partial charge in [-0.05, 0) is 76.5 Å².